The van der Waals surface area contributed by atoms with Crippen LogP contribution in [-0.2, 0) is 13.5 Å². The number of hydrazine groups is 1. The standard InChI is InChI=1S/C14H19ClN4/c1-10-7-11(9-12(15)8-10)14(18-16)4-3-13-5-6-17-19(13)2/h5-9,14,18H,3-4,16H2,1-2H3. The van der Waals surface area contributed by atoms with Gasteiger partial charge in [0.25, 0.3) is 0 Å². The number of benzene rings is 1. The van der Waals surface area contributed by atoms with Crippen LogP contribution in [0.4, 0.5) is 0 Å². The number of hydrogen-bond acceptors (Lipinski definition) is 3. The van der Waals surface area contributed by atoms with Crippen LogP contribution in [0.1, 0.15) is 29.3 Å². The smallest absolute Gasteiger partial charge is 0.0492 e. The first kappa shape index (κ1) is 14.1. The van der Waals surface area contributed by atoms with Gasteiger partial charge in [-0.1, -0.05) is 17.7 Å². The van der Waals surface area contributed by atoms with Crippen LogP contribution in [0.3, 0.4) is 0 Å². The van der Waals surface area contributed by atoms with Gasteiger partial charge in [0.1, 0.15) is 0 Å². The number of rotatable bonds is 5. The fourth-order valence-electron chi connectivity index (χ4n) is 2.25. The summed E-state index contributed by atoms with van der Waals surface area (Å²) < 4.78 is 1.89. The summed E-state index contributed by atoms with van der Waals surface area (Å²) in [5, 5.41) is 4.91. The van der Waals surface area contributed by atoms with Crippen molar-refractivity contribution in [2.75, 3.05) is 0 Å². The molecule has 1 atom stereocenters. The minimum Gasteiger partial charge on any atom is -0.273 e. The van der Waals surface area contributed by atoms with Crippen LogP contribution in [0.25, 0.3) is 0 Å². The van der Waals surface area contributed by atoms with Gasteiger partial charge in [0.15, 0.2) is 0 Å². The van der Waals surface area contributed by atoms with Crippen molar-refractivity contribution in [3.05, 3.63) is 52.3 Å². The first-order valence-corrected chi connectivity index (χ1v) is 6.68. The van der Waals surface area contributed by atoms with Crippen molar-refractivity contribution in [2.24, 2.45) is 12.9 Å². The largest absolute Gasteiger partial charge is 0.273 e. The third-order valence-electron chi connectivity index (χ3n) is 3.28. The predicted molar refractivity (Wildman–Crippen MR) is 77.8 cm³/mol. The molecular formula is C14H19ClN4. The lowest BCUT2D eigenvalue weighted by atomic mass is 10.00. The molecule has 4 nitrogen and oxygen atoms in total. The number of hydrogen-bond donors (Lipinski definition) is 2. The number of nitrogens with one attached hydrogen (secondary N) is 1. The van der Waals surface area contributed by atoms with E-state index < -0.39 is 0 Å². The van der Waals surface area contributed by atoms with E-state index in [1.807, 2.05) is 43.0 Å². The van der Waals surface area contributed by atoms with E-state index in [0.29, 0.717) is 0 Å². The summed E-state index contributed by atoms with van der Waals surface area (Å²) in [4.78, 5) is 0. The van der Waals surface area contributed by atoms with E-state index in [2.05, 4.69) is 16.6 Å². The summed E-state index contributed by atoms with van der Waals surface area (Å²) in [6.07, 6.45) is 3.62. The molecule has 102 valence electrons. The lowest BCUT2D eigenvalue weighted by Gasteiger charge is -2.17. The highest BCUT2D eigenvalue weighted by molar-refractivity contribution is 6.30. The predicted octanol–water partition coefficient (Wildman–Crippen LogP) is 2.52. The molecule has 0 amide bonds. The quantitative estimate of drug-likeness (QED) is 0.653. The molecule has 0 saturated heterocycles. The Hall–Kier alpha value is -1.36. The first-order chi connectivity index (χ1) is 9.10. The number of nitrogens with two attached hydrogens (primary N) is 1. The maximum Gasteiger partial charge on any atom is 0.0492 e. The van der Waals surface area contributed by atoms with Crippen LogP contribution < -0.4 is 11.3 Å². The Kier molecular flexibility index (Phi) is 4.58. The monoisotopic (exact) mass is 278 g/mol. The van der Waals surface area contributed by atoms with Gasteiger partial charge in [-0.05, 0) is 49.1 Å². The number of aromatic nitrogens is 2. The Balaban J connectivity index is 2.09. The van der Waals surface area contributed by atoms with Gasteiger partial charge >= 0.3 is 0 Å². The van der Waals surface area contributed by atoms with Gasteiger partial charge in [-0.2, -0.15) is 5.10 Å². The van der Waals surface area contributed by atoms with E-state index in [4.69, 9.17) is 17.4 Å². The van der Waals surface area contributed by atoms with Crippen molar-refractivity contribution in [3.8, 4) is 0 Å². The molecule has 5 heteroatoms. The van der Waals surface area contributed by atoms with E-state index in [1.54, 1.807) is 0 Å². The zero-order valence-electron chi connectivity index (χ0n) is 11.2. The Labute approximate surface area is 118 Å². The molecule has 0 aliphatic heterocycles. The second kappa shape index (κ2) is 6.19. The average molecular weight is 279 g/mol. The van der Waals surface area contributed by atoms with Crippen LogP contribution in [0.15, 0.2) is 30.5 Å². The lowest BCUT2D eigenvalue weighted by molar-refractivity contribution is 0.506. The van der Waals surface area contributed by atoms with Gasteiger partial charge in [-0.15, -0.1) is 0 Å². The second-order valence-corrected chi connectivity index (χ2v) is 5.20. The molecule has 0 fully saturated rings. The fourth-order valence-corrected chi connectivity index (χ4v) is 2.55. The normalized spacial score (nSPS) is 12.6. The van der Waals surface area contributed by atoms with Gasteiger partial charge in [-0.25, -0.2) is 0 Å². The van der Waals surface area contributed by atoms with Crippen LogP contribution in [0.2, 0.25) is 5.02 Å². The SMILES string of the molecule is Cc1cc(Cl)cc(C(CCc2ccnn2C)NN)c1. The van der Waals surface area contributed by atoms with Crippen molar-refractivity contribution < 1.29 is 0 Å². The minimum absolute atomic E-state index is 0.0901. The van der Waals surface area contributed by atoms with Gasteiger partial charge in [0.05, 0.1) is 0 Å². The van der Waals surface area contributed by atoms with E-state index in [1.165, 1.54) is 5.69 Å². The van der Waals surface area contributed by atoms with E-state index in [9.17, 15) is 0 Å². The Bertz CT molecular complexity index is 530. The topological polar surface area (TPSA) is 55.9 Å². The number of aryl methyl sites for hydroxylation is 3. The zero-order chi connectivity index (χ0) is 13.8. The molecule has 2 rings (SSSR count). The Morgan fingerprint density at radius 2 is 2.21 bits per heavy atom. The zero-order valence-corrected chi connectivity index (χ0v) is 12.0. The van der Waals surface area contributed by atoms with Crippen LogP contribution in [-0.4, -0.2) is 9.78 Å². The molecule has 0 spiro atoms. The molecule has 2 aromatic rings. The molecular weight excluding hydrogens is 260 g/mol. The molecule has 0 radical (unpaired) electrons. The summed E-state index contributed by atoms with van der Waals surface area (Å²) in [5.41, 5.74) is 6.32. The molecule has 0 bridgehead atoms. The highest BCUT2D eigenvalue weighted by atomic mass is 35.5. The summed E-state index contributed by atoms with van der Waals surface area (Å²) >= 11 is 6.09. The van der Waals surface area contributed by atoms with Crippen molar-refractivity contribution in [1.29, 1.82) is 0 Å². The molecule has 1 unspecified atom stereocenters. The number of nitrogens with zero attached hydrogens (tertiary/aromatic N) is 2. The van der Waals surface area contributed by atoms with Crippen molar-refractivity contribution in [2.45, 2.75) is 25.8 Å². The highest BCUT2D eigenvalue weighted by Crippen LogP contribution is 2.23. The van der Waals surface area contributed by atoms with E-state index >= 15 is 0 Å². The van der Waals surface area contributed by atoms with Crippen LogP contribution in [0, 0.1) is 6.92 Å². The third kappa shape index (κ3) is 3.56. The summed E-state index contributed by atoms with van der Waals surface area (Å²) in [6.45, 7) is 2.03. The second-order valence-electron chi connectivity index (χ2n) is 4.77. The summed E-state index contributed by atoms with van der Waals surface area (Å²) in [7, 11) is 1.95. The molecule has 1 heterocycles. The average Bonchev–Trinajstić information content (AvgIpc) is 2.75. The molecule has 0 saturated carbocycles. The Morgan fingerprint density at radius 1 is 1.42 bits per heavy atom. The third-order valence-corrected chi connectivity index (χ3v) is 3.50. The molecule has 0 aliphatic rings. The van der Waals surface area contributed by atoms with Crippen molar-refractivity contribution in [1.82, 2.24) is 15.2 Å². The maximum absolute atomic E-state index is 6.09. The first-order valence-electron chi connectivity index (χ1n) is 6.30. The minimum atomic E-state index is 0.0901. The van der Waals surface area contributed by atoms with Crippen molar-refractivity contribution >= 4 is 11.6 Å². The summed E-state index contributed by atoms with van der Waals surface area (Å²) in [5.74, 6) is 5.67. The fraction of sp³-hybridized carbons (Fsp3) is 0.357. The molecule has 19 heavy (non-hydrogen) atoms. The van der Waals surface area contributed by atoms with Gasteiger partial charge in [-0.3, -0.25) is 16.0 Å². The van der Waals surface area contributed by atoms with Crippen molar-refractivity contribution in [3.63, 3.8) is 0 Å². The lowest BCUT2D eigenvalue weighted by Crippen LogP contribution is -2.28. The van der Waals surface area contributed by atoms with Crippen LogP contribution >= 0.6 is 11.6 Å². The van der Waals surface area contributed by atoms with Gasteiger partial charge in [0.2, 0.25) is 0 Å². The molecule has 1 aromatic heterocycles. The van der Waals surface area contributed by atoms with Crippen LogP contribution in [0.5, 0.6) is 0 Å². The molecule has 0 aliphatic carbocycles. The number of halogens is 1. The summed E-state index contributed by atoms with van der Waals surface area (Å²) in [6, 6.07) is 8.13. The van der Waals surface area contributed by atoms with Gasteiger partial charge in [0, 0.05) is 30.0 Å². The highest BCUT2D eigenvalue weighted by Gasteiger charge is 2.12. The Morgan fingerprint density at radius 3 is 2.79 bits per heavy atom. The van der Waals surface area contributed by atoms with E-state index in [-0.39, 0.29) is 6.04 Å². The van der Waals surface area contributed by atoms with E-state index in [0.717, 1.165) is 29.0 Å². The molecule has 1 aromatic carbocycles. The molecule has 3 N–H and O–H groups in total. The van der Waals surface area contributed by atoms with Gasteiger partial charge < -0.3 is 0 Å². The maximum atomic E-state index is 6.09.